The fourth-order valence-electron chi connectivity index (χ4n) is 4.48. The van der Waals surface area contributed by atoms with E-state index in [1.165, 1.54) is 28.7 Å². The summed E-state index contributed by atoms with van der Waals surface area (Å²) in [4.78, 5) is 21.3. The second-order valence-corrected chi connectivity index (χ2v) is 12.5. The number of hydrogen-bond donors (Lipinski definition) is 5. The van der Waals surface area contributed by atoms with Crippen LogP contribution in [0.3, 0.4) is 0 Å². The molecular weight excluding hydrogens is 642 g/mol. The van der Waals surface area contributed by atoms with Crippen molar-refractivity contribution >= 4 is 54.9 Å². The van der Waals surface area contributed by atoms with E-state index in [1.807, 2.05) is 37.3 Å². The van der Waals surface area contributed by atoms with Crippen molar-refractivity contribution in [3.63, 3.8) is 0 Å². The van der Waals surface area contributed by atoms with Crippen molar-refractivity contribution in [2.75, 3.05) is 36.9 Å². The number of nitrogens with one attached hydrogen (secondary N) is 3. The first-order valence-corrected chi connectivity index (χ1v) is 16.7. The molecule has 14 heteroatoms. The Labute approximate surface area is 279 Å². The Morgan fingerprint density at radius 3 is 2.70 bits per heavy atom. The van der Waals surface area contributed by atoms with E-state index in [4.69, 9.17) is 9.84 Å². The second kappa shape index (κ2) is 16.8. The van der Waals surface area contributed by atoms with E-state index in [-0.39, 0.29) is 24.7 Å². The number of carboxylic acids is 1. The predicted octanol–water partition coefficient (Wildman–Crippen LogP) is 5.77. The number of benzene rings is 2. The van der Waals surface area contributed by atoms with E-state index in [1.54, 1.807) is 12.1 Å². The molecule has 0 saturated carbocycles. The van der Waals surface area contributed by atoms with E-state index in [9.17, 15) is 14.3 Å². The monoisotopic (exact) mass is 675 g/mol. The molecule has 5 aromatic rings. The van der Waals surface area contributed by atoms with Crippen LogP contribution in [-0.2, 0) is 13.0 Å². The maximum absolute atomic E-state index is 14.6. The molecule has 47 heavy (non-hydrogen) atoms. The van der Waals surface area contributed by atoms with E-state index >= 15 is 0 Å². The summed E-state index contributed by atoms with van der Waals surface area (Å²) in [6, 6.07) is 14.4. The molecule has 0 bridgehead atoms. The zero-order chi connectivity index (χ0) is 33.0. The summed E-state index contributed by atoms with van der Waals surface area (Å²) in [5.41, 5.74) is 3.00. The zero-order valence-corrected chi connectivity index (χ0v) is 27.3. The highest BCUT2D eigenvalue weighted by atomic mass is 32.1. The number of thiazole rings is 2. The molecule has 3 aromatic heterocycles. The zero-order valence-electron chi connectivity index (χ0n) is 25.7. The van der Waals surface area contributed by atoms with Gasteiger partial charge < -0.3 is 30.9 Å². The van der Waals surface area contributed by atoms with Gasteiger partial charge in [-0.3, -0.25) is 0 Å². The number of hydrogen-bond acceptors (Lipinski definition) is 12. The highest BCUT2D eigenvalue weighted by Crippen LogP contribution is 2.29. The quantitative estimate of drug-likeness (QED) is 0.0640. The standard InChI is InChI=1S/C33H34FN7O4S2/c1-21-18-23(40-41-30(21)39-33-37-25-9-2-3-10-27(25)46-33)20-36-32-38-29(31(43)44)28(47-32)11-7-17-45-26-13-12-22(19-24(26)34)8-6-15-35-14-4-5-16-42/h2-3,9-10,12-13,18-19,35,42H,4-5,7,11,14-17,20H2,1H3,(H,36,38)(H,43,44)(H,37,39,41). The van der Waals surface area contributed by atoms with Crippen molar-refractivity contribution < 1.29 is 24.1 Å². The van der Waals surface area contributed by atoms with Crippen LogP contribution in [0.4, 0.5) is 20.5 Å². The fourth-order valence-corrected chi connectivity index (χ4v) is 6.33. The summed E-state index contributed by atoms with van der Waals surface area (Å²) in [7, 11) is 0. The van der Waals surface area contributed by atoms with E-state index in [0.717, 1.165) is 40.3 Å². The van der Waals surface area contributed by atoms with Crippen molar-refractivity contribution in [3.8, 4) is 17.6 Å². The molecule has 5 N–H and O–H groups in total. The van der Waals surface area contributed by atoms with Crippen molar-refractivity contribution in [2.24, 2.45) is 0 Å². The van der Waals surface area contributed by atoms with E-state index in [2.05, 4.69) is 48.0 Å². The number of unbranched alkanes of at least 4 members (excludes halogenated alkanes) is 1. The first-order valence-electron chi connectivity index (χ1n) is 15.0. The van der Waals surface area contributed by atoms with Crippen molar-refractivity contribution in [1.82, 2.24) is 25.5 Å². The third-order valence-electron chi connectivity index (χ3n) is 6.82. The van der Waals surface area contributed by atoms with Gasteiger partial charge in [-0.25, -0.2) is 19.2 Å². The number of aromatic nitrogens is 4. The molecule has 0 spiro atoms. The number of aliphatic hydroxyl groups excluding tert-OH is 1. The Balaban J connectivity index is 1.09. The molecule has 0 atom stereocenters. The molecular formula is C33H34FN7O4S2. The molecule has 11 nitrogen and oxygen atoms in total. The molecule has 0 saturated heterocycles. The first-order chi connectivity index (χ1) is 22.9. The maximum Gasteiger partial charge on any atom is 0.355 e. The van der Waals surface area contributed by atoms with Crippen LogP contribution in [0.15, 0.2) is 48.5 Å². The number of para-hydroxylation sites is 1. The number of nitrogens with zero attached hydrogens (tertiary/aromatic N) is 4. The largest absolute Gasteiger partial charge is 0.491 e. The first kappa shape index (κ1) is 33.7. The molecule has 2 aromatic carbocycles. The number of fused-ring (bicyclic) bond motifs is 1. The number of carbonyl (C=O) groups is 1. The summed E-state index contributed by atoms with van der Waals surface area (Å²) in [5.74, 6) is 4.95. The van der Waals surface area contributed by atoms with Gasteiger partial charge in [0.2, 0.25) is 0 Å². The molecule has 3 heterocycles. The van der Waals surface area contributed by atoms with Gasteiger partial charge in [-0.2, -0.15) is 5.10 Å². The molecule has 244 valence electrons. The fraction of sp³-hybridized carbons (Fsp3) is 0.303. The molecule has 0 amide bonds. The Hall–Kier alpha value is -4.68. The number of carboxylic acid groups (broad SMARTS) is 1. The van der Waals surface area contributed by atoms with Crippen LogP contribution in [-0.4, -0.2) is 62.7 Å². The molecule has 0 aliphatic rings. The van der Waals surface area contributed by atoms with Crippen LogP contribution in [0.1, 0.15) is 51.4 Å². The smallest absolute Gasteiger partial charge is 0.355 e. The normalized spacial score (nSPS) is 10.9. The lowest BCUT2D eigenvalue weighted by Crippen LogP contribution is -2.15. The third-order valence-corrected chi connectivity index (χ3v) is 8.85. The number of anilines is 3. The number of aliphatic hydroxyl groups is 1. The van der Waals surface area contributed by atoms with Gasteiger partial charge in [0, 0.05) is 17.0 Å². The van der Waals surface area contributed by atoms with Crippen LogP contribution < -0.4 is 20.7 Å². The molecule has 0 unspecified atom stereocenters. The highest BCUT2D eigenvalue weighted by molar-refractivity contribution is 7.22. The SMILES string of the molecule is Cc1cc(CNc2nc(C(=O)O)c(CCCOc3ccc(C#CCNCCCCO)cc3F)s2)nnc1Nc1nc2ccccc2s1. The van der Waals surface area contributed by atoms with Crippen LogP contribution in [0.25, 0.3) is 10.2 Å². The summed E-state index contributed by atoms with van der Waals surface area (Å²) in [6.07, 6.45) is 2.49. The van der Waals surface area contributed by atoms with Crippen molar-refractivity contribution in [3.05, 3.63) is 81.7 Å². The topological polar surface area (TPSA) is 154 Å². The van der Waals surface area contributed by atoms with Crippen molar-refractivity contribution in [2.45, 2.75) is 39.2 Å². The van der Waals surface area contributed by atoms with Gasteiger partial charge in [0.05, 0.1) is 35.6 Å². The van der Waals surface area contributed by atoms with Crippen molar-refractivity contribution in [1.29, 1.82) is 0 Å². The Morgan fingerprint density at radius 2 is 1.91 bits per heavy atom. The summed E-state index contributed by atoms with van der Waals surface area (Å²) < 4.78 is 21.3. The van der Waals surface area contributed by atoms with Gasteiger partial charge in [-0.1, -0.05) is 35.3 Å². The average molecular weight is 676 g/mol. The number of aryl methyl sites for hydroxylation is 2. The Kier molecular flexibility index (Phi) is 12.0. The van der Waals surface area contributed by atoms with Crippen LogP contribution in [0.2, 0.25) is 0 Å². The van der Waals surface area contributed by atoms with Gasteiger partial charge in [-0.15, -0.1) is 16.4 Å². The van der Waals surface area contributed by atoms with Gasteiger partial charge in [0.1, 0.15) is 0 Å². The number of rotatable bonds is 16. The summed E-state index contributed by atoms with van der Waals surface area (Å²) in [5, 5.41) is 37.8. The van der Waals surface area contributed by atoms with Gasteiger partial charge >= 0.3 is 5.97 Å². The Morgan fingerprint density at radius 1 is 1.04 bits per heavy atom. The number of ether oxygens (including phenoxy) is 1. The molecule has 5 rings (SSSR count). The predicted molar refractivity (Wildman–Crippen MR) is 182 cm³/mol. The summed E-state index contributed by atoms with van der Waals surface area (Å²) in [6.45, 7) is 3.85. The third kappa shape index (κ3) is 9.66. The van der Waals surface area contributed by atoms with Crippen LogP contribution >= 0.6 is 22.7 Å². The van der Waals surface area contributed by atoms with Crippen LogP contribution in [0.5, 0.6) is 5.75 Å². The van der Waals surface area contributed by atoms with Gasteiger partial charge in [0.25, 0.3) is 0 Å². The summed E-state index contributed by atoms with van der Waals surface area (Å²) >= 11 is 2.79. The van der Waals surface area contributed by atoms with E-state index in [0.29, 0.717) is 53.0 Å². The second-order valence-electron chi connectivity index (χ2n) is 10.4. The van der Waals surface area contributed by atoms with Gasteiger partial charge in [0.15, 0.2) is 33.3 Å². The lowest BCUT2D eigenvalue weighted by molar-refractivity contribution is 0.0690. The molecule has 0 fully saturated rings. The molecule has 0 radical (unpaired) electrons. The Bertz CT molecular complexity index is 1850. The lowest BCUT2D eigenvalue weighted by Gasteiger charge is -2.07. The highest BCUT2D eigenvalue weighted by Gasteiger charge is 2.18. The lowest BCUT2D eigenvalue weighted by atomic mass is 10.2. The van der Waals surface area contributed by atoms with Crippen LogP contribution in [0, 0.1) is 24.6 Å². The molecule has 0 aliphatic carbocycles. The average Bonchev–Trinajstić information content (AvgIpc) is 3.67. The molecule has 0 aliphatic heterocycles. The van der Waals surface area contributed by atoms with Gasteiger partial charge in [-0.05, 0) is 81.1 Å². The maximum atomic E-state index is 14.6. The number of aromatic carboxylic acids is 1. The minimum Gasteiger partial charge on any atom is -0.491 e. The number of halogens is 1. The minimum atomic E-state index is -1.12. The minimum absolute atomic E-state index is 0.0212. The van der Waals surface area contributed by atoms with E-state index < -0.39 is 11.8 Å².